The van der Waals surface area contributed by atoms with Crippen LogP contribution in [0.25, 0.3) is 0 Å². The minimum atomic E-state index is 0.426. The van der Waals surface area contributed by atoms with E-state index in [2.05, 4.69) is 60.9 Å². The zero-order chi connectivity index (χ0) is 12.1. The number of benzene rings is 1. The molecule has 17 heavy (non-hydrogen) atoms. The summed E-state index contributed by atoms with van der Waals surface area (Å²) in [5, 5.41) is 5.70. The highest BCUT2D eigenvalue weighted by Gasteiger charge is 2.03. The first-order valence-corrected chi connectivity index (χ1v) is 6.96. The fraction of sp³-hybridized carbons (Fsp3) is 0.333. The Morgan fingerprint density at radius 2 is 1.94 bits per heavy atom. The maximum atomic E-state index is 3.56. The van der Waals surface area contributed by atoms with E-state index in [4.69, 9.17) is 0 Å². The molecule has 0 spiro atoms. The molecule has 0 saturated heterocycles. The summed E-state index contributed by atoms with van der Waals surface area (Å²) in [6.07, 6.45) is 1.12. The van der Waals surface area contributed by atoms with Gasteiger partial charge in [-0.15, -0.1) is 11.3 Å². The van der Waals surface area contributed by atoms with Crippen molar-refractivity contribution in [2.45, 2.75) is 26.3 Å². The van der Waals surface area contributed by atoms with Gasteiger partial charge in [0.1, 0.15) is 0 Å². The number of hydrogen-bond donors (Lipinski definition) is 1. The zero-order valence-corrected chi connectivity index (χ0v) is 11.3. The van der Waals surface area contributed by atoms with E-state index in [1.165, 1.54) is 16.0 Å². The van der Waals surface area contributed by atoms with E-state index in [9.17, 15) is 0 Å². The van der Waals surface area contributed by atoms with Crippen molar-refractivity contribution in [3.05, 3.63) is 57.8 Å². The Morgan fingerprint density at radius 1 is 1.18 bits per heavy atom. The van der Waals surface area contributed by atoms with Crippen molar-refractivity contribution in [2.24, 2.45) is 0 Å². The number of thiophene rings is 1. The van der Waals surface area contributed by atoms with E-state index in [0.717, 1.165) is 13.0 Å². The summed E-state index contributed by atoms with van der Waals surface area (Å²) < 4.78 is 0. The lowest BCUT2D eigenvalue weighted by Crippen LogP contribution is -2.21. The van der Waals surface area contributed by atoms with Crippen molar-refractivity contribution in [3.63, 3.8) is 0 Å². The lowest BCUT2D eigenvalue weighted by molar-refractivity contribution is 0.578. The summed E-state index contributed by atoms with van der Waals surface area (Å²) in [5.41, 5.74) is 2.68. The molecule has 0 bridgehead atoms. The Balaban J connectivity index is 1.81. The van der Waals surface area contributed by atoms with Gasteiger partial charge in [-0.3, -0.25) is 0 Å². The van der Waals surface area contributed by atoms with E-state index in [1.807, 2.05) is 11.3 Å². The number of hydrogen-bond acceptors (Lipinski definition) is 2. The van der Waals surface area contributed by atoms with Gasteiger partial charge in [0.15, 0.2) is 0 Å². The Hall–Kier alpha value is -1.12. The Morgan fingerprint density at radius 3 is 2.59 bits per heavy atom. The Labute approximate surface area is 108 Å². The molecule has 1 atom stereocenters. The predicted octanol–water partition coefficient (Wildman–Crippen LogP) is 3.95. The van der Waals surface area contributed by atoms with Crippen molar-refractivity contribution in [3.8, 4) is 0 Å². The van der Waals surface area contributed by atoms with Crippen LogP contribution in [0.2, 0.25) is 0 Å². The molecule has 1 aromatic heterocycles. The molecule has 2 heteroatoms. The summed E-state index contributed by atoms with van der Waals surface area (Å²) in [4.78, 5) is 1.45. The van der Waals surface area contributed by atoms with Crippen LogP contribution in [0.1, 0.15) is 29.0 Å². The monoisotopic (exact) mass is 245 g/mol. The van der Waals surface area contributed by atoms with E-state index in [1.54, 1.807) is 0 Å². The summed E-state index contributed by atoms with van der Waals surface area (Å²) in [7, 11) is 0. The summed E-state index contributed by atoms with van der Waals surface area (Å²) in [6.45, 7) is 5.38. The van der Waals surface area contributed by atoms with Gasteiger partial charge in [-0.05, 0) is 37.3 Å². The molecule has 2 aromatic rings. The highest BCUT2D eigenvalue weighted by Crippen LogP contribution is 2.13. The first-order valence-electron chi connectivity index (χ1n) is 6.08. The van der Waals surface area contributed by atoms with Gasteiger partial charge in [-0.2, -0.15) is 0 Å². The number of rotatable bonds is 5. The highest BCUT2D eigenvalue weighted by molar-refractivity contribution is 7.09. The van der Waals surface area contributed by atoms with E-state index >= 15 is 0 Å². The highest BCUT2D eigenvalue weighted by atomic mass is 32.1. The minimum Gasteiger partial charge on any atom is -0.310 e. The molecule has 0 aliphatic heterocycles. The van der Waals surface area contributed by atoms with Crippen LogP contribution in [0.5, 0.6) is 0 Å². The van der Waals surface area contributed by atoms with Crippen LogP contribution in [-0.2, 0) is 6.42 Å². The quantitative estimate of drug-likeness (QED) is 0.841. The van der Waals surface area contributed by atoms with Crippen LogP contribution in [-0.4, -0.2) is 6.54 Å². The molecular weight excluding hydrogens is 226 g/mol. The average Bonchev–Trinajstić information content (AvgIpc) is 2.83. The maximum absolute atomic E-state index is 3.56. The van der Waals surface area contributed by atoms with Gasteiger partial charge in [-0.25, -0.2) is 0 Å². The molecular formula is C15H19NS. The third kappa shape index (κ3) is 3.69. The fourth-order valence-electron chi connectivity index (χ4n) is 1.84. The van der Waals surface area contributed by atoms with Gasteiger partial charge >= 0.3 is 0 Å². The first kappa shape index (κ1) is 12.3. The van der Waals surface area contributed by atoms with Gasteiger partial charge in [0, 0.05) is 17.5 Å². The second-order valence-electron chi connectivity index (χ2n) is 4.42. The standard InChI is InChI=1S/C15H19NS/c1-12-5-7-14(8-6-12)13(2)16-10-9-15-4-3-11-17-15/h3-8,11,13,16H,9-10H2,1-2H3/t13-/m1/s1. The van der Waals surface area contributed by atoms with E-state index in [0.29, 0.717) is 6.04 Å². The van der Waals surface area contributed by atoms with Crippen molar-refractivity contribution in [2.75, 3.05) is 6.54 Å². The van der Waals surface area contributed by atoms with Crippen LogP contribution in [0.3, 0.4) is 0 Å². The maximum Gasteiger partial charge on any atom is 0.0291 e. The second kappa shape index (κ2) is 5.99. The van der Waals surface area contributed by atoms with E-state index < -0.39 is 0 Å². The average molecular weight is 245 g/mol. The van der Waals surface area contributed by atoms with Crippen molar-refractivity contribution in [1.82, 2.24) is 5.32 Å². The molecule has 0 unspecified atom stereocenters. The molecule has 0 amide bonds. The normalized spacial score (nSPS) is 12.6. The first-order chi connectivity index (χ1) is 8.25. The molecule has 0 radical (unpaired) electrons. The predicted molar refractivity (Wildman–Crippen MR) is 75.6 cm³/mol. The topological polar surface area (TPSA) is 12.0 Å². The molecule has 1 heterocycles. The summed E-state index contributed by atoms with van der Waals surface area (Å²) in [6, 6.07) is 13.5. The molecule has 1 aromatic carbocycles. The van der Waals surface area contributed by atoms with Gasteiger partial charge in [-0.1, -0.05) is 35.9 Å². The van der Waals surface area contributed by atoms with Gasteiger partial charge < -0.3 is 5.32 Å². The van der Waals surface area contributed by atoms with Crippen LogP contribution < -0.4 is 5.32 Å². The SMILES string of the molecule is Cc1ccc([C@@H](C)NCCc2cccs2)cc1. The minimum absolute atomic E-state index is 0.426. The van der Waals surface area contributed by atoms with Gasteiger partial charge in [0.25, 0.3) is 0 Å². The van der Waals surface area contributed by atoms with Crippen molar-refractivity contribution >= 4 is 11.3 Å². The molecule has 1 N–H and O–H groups in total. The molecule has 1 nitrogen and oxygen atoms in total. The van der Waals surface area contributed by atoms with Crippen LogP contribution >= 0.6 is 11.3 Å². The third-order valence-electron chi connectivity index (χ3n) is 2.98. The molecule has 0 aliphatic rings. The fourth-order valence-corrected chi connectivity index (χ4v) is 2.55. The molecule has 2 rings (SSSR count). The number of nitrogens with one attached hydrogen (secondary N) is 1. The largest absolute Gasteiger partial charge is 0.310 e. The van der Waals surface area contributed by atoms with Gasteiger partial charge in [0.05, 0.1) is 0 Å². The lowest BCUT2D eigenvalue weighted by Gasteiger charge is -2.14. The summed E-state index contributed by atoms with van der Waals surface area (Å²) in [5.74, 6) is 0. The van der Waals surface area contributed by atoms with Crippen LogP contribution in [0, 0.1) is 6.92 Å². The number of aryl methyl sites for hydroxylation is 1. The molecule has 0 aliphatic carbocycles. The Bertz CT molecular complexity index is 430. The molecule has 90 valence electrons. The molecule has 0 fully saturated rings. The van der Waals surface area contributed by atoms with Crippen LogP contribution in [0.4, 0.5) is 0 Å². The second-order valence-corrected chi connectivity index (χ2v) is 5.45. The summed E-state index contributed by atoms with van der Waals surface area (Å²) >= 11 is 1.83. The molecule has 0 saturated carbocycles. The van der Waals surface area contributed by atoms with E-state index in [-0.39, 0.29) is 0 Å². The van der Waals surface area contributed by atoms with Crippen molar-refractivity contribution in [1.29, 1.82) is 0 Å². The zero-order valence-electron chi connectivity index (χ0n) is 10.4. The lowest BCUT2D eigenvalue weighted by atomic mass is 10.1. The van der Waals surface area contributed by atoms with Crippen LogP contribution in [0.15, 0.2) is 41.8 Å². The third-order valence-corrected chi connectivity index (χ3v) is 3.92. The van der Waals surface area contributed by atoms with Gasteiger partial charge in [0.2, 0.25) is 0 Å². The Kier molecular flexibility index (Phi) is 4.35. The van der Waals surface area contributed by atoms with Crippen molar-refractivity contribution < 1.29 is 0 Å². The smallest absolute Gasteiger partial charge is 0.0291 e.